The number of rotatable bonds is 0. The van der Waals surface area contributed by atoms with E-state index < -0.39 is 0 Å². The second kappa shape index (κ2) is 3.94. The van der Waals surface area contributed by atoms with E-state index in [-0.39, 0.29) is 11.6 Å². The van der Waals surface area contributed by atoms with Gasteiger partial charge in [-0.25, -0.2) is 4.39 Å². The lowest BCUT2D eigenvalue weighted by molar-refractivity contribution is 0.488. The van der Waals surface area contributed by atoms with E-state index >= 15 is 0 Å². The fourth-order valence-corrected chi connectivity index (χ4v) is 2.85. The van der Waals surface area contributed by atoms with Gasteiger partial charge in [-0.05, 0) is 28.3 Å². The zero-order chi connectivity index (χ0) is 13.7. The van der Waals surface area contributed by atoms with E-state index in [9.17, 15) is 9.50 Å². The summed E-state index contributed by atoms with van der Waals surface area (Å²) in [6, 6.07) is 18.3. The Labute approximate surface area is 114 Å². The molecule has 0 amide bonds. The van der Waals surface area contributed by atoms with Crippen LogP contribution in [0.1, 0.15) is 0 Å². The van der Waals surface area contributed by atoms with Gasteiger partial charge in [0, 0.05) is 16.2 Å². The van der Waals surface area contributed by atoms with Gasteiger partial charge in [-0.15, -0.1) is 0 Å². The Bertz CT molecular complexity index is 967. The van der Waals surface area contributed by atoms with E-state index in [4.69, 9.17) is 0 Å². The van der Waals surface area contributed by atoms with Gasteiger partial charge in [0.25, 0.3) is 0 Å². The highest BCUT2D eigenvalue weighted by Gasteiger charge is 2.13. The molecule has 0 fully saturated rings. The van der Waals surface area contributed by atoms with Crippen LogP contribution in [0.2, 0.25) is 0 Å². The summed E-state index contributed by atoms with van der Waals surface area (Å²) >= 11 is 0. The third-order valence-electron chi connectivity index (χ3n) is 3.79. The van der Waals surface area contributed by atoms with Crippen LogP contribution in [0.4, 0.5) is 4.39 Å². The number of phenols is 1. The molecule has 0 aliphatic carbocycles. The summed E-state index contributed by atoms with van der Waals surface area (Å²) in [6.45, 7) is 0. The lowest BCUT2D eigenvalue weighted by Crippen LogP contribution is -1.86. The Balaban J connectivity index is 2.37. The molecule has 96 valence electrons. The third kappa shape index (κ3) is 1.42. The highest BCUT2D eigenvalue weighted by atomic mass is 19.1. The molecule has 0 saturated carbocycles. The molecule has 4 aromatic rings. The van der Waals surface area contributed by atoms with Crippen LogP contribution in [0.15, 0.2) is 60.7 Å². The highest BCUT2D eigenvalue weighted by Crippen LogP contribution is 2.39. The molecule has 1 N–H and O–H groups in total. The first-order valence-corrected chi connectivity index (χ1v) is 6.47. The van der Waals surface area contributed by atoms with E-state index in [0.29, 0.717) is 10.8 Å². The van der Waals surface area contributed by atoms with Gasteiger partial charge in [-0.3, -0.25) is 0 Å². The summed E-state index contributed by atoms with van der Waals surface area (Å²) in [5, 5.41) is 14.9. The Morgan fingerprint density at radius 2 is 1.30 bits per heavy atom. The van der Waals surface area contributed by atoms with Crippen LogP contribution in [0.25, 0.3) is 32.3 Å². The van der Waals surface area contributed by atoms with Crippen LogP contribution in [-0.4, -0.2) is 5.11 Å². The van der Waals surface area contributed by atoms with Crippen molar-refractivity contribution < 1.29 is 9.50 Å². The maximum atomic E-state index is 14.3. The molecule has 4 aromatic carbocycles. The molecule has 0 radical (unpaired) electrons. The summed E-state index contributed by atoms with van der Waals surface area (Å²) in [7, 11) is 0. The molecular weight excluding hydrogens is 251 g/mol. The number of benzene rings is 4. The zero-order valence-corrected chi connectivity index (χ0v) is 10.6. The van der Waals surface area contributed by atoms with E-state index in [1.54, 1.807) is 6.07 Å². The molecule has 1 nitrogen and oxygen atoms in total. The van der Waals surface area contributed by atoms with Crippen LogP contribution in [-0.2, 0) is 0 Å². The van der Waals surface area contributed by atoms with Crippen molar-refractivity contribution in [2.45, 2.75) is 0 Å². The number of fused-ring (bicyclic) bond motifs is 4. The van der Waals surface area contributed by atoms with E-state index in [0.717, 1.165) is 21.5 Å². The van der Waals surface area contributed by atoms with Crippen molar-refractivity contribution in [3.05, 3.63) is 66.5 Å². The molecule has 0 saturated heterocycles. The second-order valence-electron chi connectivity index (χ2n) is 4.95. The van der Waals surface area contributed by atoms with Crippen LogP contribution in [0, 0.1) is 5.82 Å². The summed E-state index contributed by atoms with van der Waals surface area (Å²) in [5.41, 5.74) is 0. The minimum Gasteiger partial charge on any atom is -0.507 e. The monoisotopic (exact) mass is 262 g/mol. The fourth-order valence-electron chi connectivity index (χ4n) is 2.85. The van der Waals surface area contributed by atoms with Crippen molar-refractivity contribution in [2.75, 3.05) is 0 Å². The smallest absolute Gasteiger partial charge is 0.131 e. The van der Waals surface area contributed by atoms with Crippen molar-refractivity contribution in [3.63, 3.8) is 0 Å². The molecule has 0 aliphatic rings. The van der Waals surface area contributed by atoms with Gasteiger partial charge in [0.1, 0.15) is 11.6 Å². The van der Waals surface area contributed by atoms with Gasteiger partial charge >= 0.3 is 0 Å². The second-order valence-corrected chi connectivity index (χ2v) is 4.95. The van der Waals surface area contributed by atoms with Crippen molar-refractivity contribution in [3.8, 4) is 5.75 Å². The number of phenolic OH excluding ortho intramolecular Hbond substituents is 1. The van der Waals surface area contributed by atoms with Crippen molar-refractivity contribution >= 4 is 32.3 Å². The number of halogens is 1. The van der Waals surface area contributed by atoms with Gasteiger partial charge in [0.2, 0.25) is 0 Å². The first-order valence-electron chi connectivity index (χ1n) is 6.47. The average Bonchev–Trinajstić information content (AvgIpc) is 2.48. The minimum absolute atomic E-state index is 0.147. The van der Waals surface area contributed by atoms with Crippen LogP contribution >= 0.6 is 0 Å². The van der Waals surface area contributed by atoms with Crippen molar-refractivity contribution in [1.82, 2.24) is 0 Å². The molecule has 0 atom stereocenters. The fraction of sp³-hybridized carbons (Fsp3) is 0. The quantitative estimate of drug-likeness (QED) is 0.349. The molecule has 0 aromatic heterocycles. The summed E-state index contributed by atoms with van der Waals surface area (Å²) in [6.07, 6.45) is 0. The SMILES string of the molecule is Oc1c2ccccc2cc2c(F)cc3ccccc3c12. The number of hydrogen-bond donors (Lipinski definition) is 1. The Morgan fingerprint density at radius 3 is 2.05 bits per heavy atom. The van der Waals surface area contributed by atoms with E-state index in [2.05, 4.69) is 0 Å². The molecule has 0 bridgehead atoms. The summed E-state index contributed by atoms with van der Waals surface area (Å²) in [4.78, 5) is 0. The molecule has 0 heterocycles. The standard InChI is InChI=1S/C18H11FO/c19-16-10-12-6-1-3-7-13(12)17-15(16)9-11-5-2-4-8-14(11)18(17)20/h1-10,20H. The average molecular weight is 262 g/mol. The predicted molar refractivity (Wildman–Crippen MR) is 80.6 cm³/mol. The summed E-state index contributed by atoms with van der Waals surface area (Å²) < 4.78 is 14.3. The van der Waals surface area contributed by atoms with Crippen molar-refractivity contribution in [2.24, 2.45) is 0 Å². The number of aromatic hydroxyl groups is 1. The Morgan fingerprint density at radius 1 is 0.700 bits per heavy atom. The normalized spacial score (nSPS) is 11.4. The molecule has 0 spiro atoms. The first-order chi connectivity index (χ1) is 9.75. The largest absolute Gasteiger partial charge is 0.507 e. The topological polar surface area (TPSA) is 20.2 Å². The van der Waals surface area contributed by atoms with Gasteiger partial charge in [0.15, 0.2) is 0 Å². The van der Waals surface area contributed by atoms with Crippen LogP contribution in [0.5, 0.6) is 5.75 Å². The summed E-state index contributed by atoms with van der Waals surface area (Å²) in [5.74, 6) is -0.159. The van der Waals surface area contributed by atoms with Gasteiger partial charge in [-0.2, -0.15) is 0 Å². The highest BCUT2D eigenvalue weighted by molar-refractivity contribution is 6.16. The van der Waals surface area contributed by atoms with Gasteiger partial charge in [-0.1, -0.05) is 48.5 Å². The lowest BCUT2D eigenvalue weighted by Gasteiger charge is -2.10. The number of hydrogen-bond acceptors (Lipinski definition) is 1. The third-order valence-corrected chi connectivity index (χ3v) is 3.79. The minimum atomic E-state index is -0.306. The van der Waals surface area contributed by atoms with E-state index in [1.807, 2.05) is 48.5 Å². The predicted octanol–water partition coefficient (Wildman–Crippen LogP) is 4.99. The Hall–Kier alpha value is -2.61. The molecule has 0 aliphatic heterocycles. The molecular formula is C18H11FO. The molecule has 4 rings (SSSR count). The van der Waals surface area contributed by atoms with Crippen LogP contribution < -0.4 is 0 Å². The molecule has 0 unspecified atom stereocenters. The molecule has 2 heteroatoms. The first kappa shape index (κ1) is 11.2. The molecule has 20 heavy (non-hydrogen) atoms. The maximum Gasteiger partial charge on any atom is 0.131 e. The van der Waals surface area contributed by atoms with Crippen molar-refractivity contribution in [1.29, 1.82) is 0 Å². The Kier molecular flexibility index (Phi) is 2.21. The van der Waals surface area contributed by atoms with E-state index in [1.165, 1.54) is 6.07 Å². The van der Waals surface area contributed by atoms with Gasteiger partial charge in [0.05, 0.1) is 0 Å². The van der Waals surface area contributed by atoms with Crippen LogP contribution in [0.3, 0.4) is 0 Å². The zero-order valence-electron chi connectivity index (χ0n) is 10.6. The lowest BCUT2D eigenvalue weighted by atomic mass is 9.97. The van der Waals surface area contributed by atoms with Gasteiger partial charge < -0.3 is 5.11 Å². The maximum absolute atomic E-state index is 14.3.